The number of aromatic nitrogens is 3. The molecule has 7 heteroatoms. The summed E-state index contributed by atoms with van der Waals surface area (Å²) in [6, 6.07) is 1.75. The number of hydrogen-bond acceptors (Lipinski definition) is 7. The van der Waals surface area contributed by atoms with Crippen molar-refractivity contribution in [2.45, 2.75) is 6.61 Å². The van der Waals surface area contributed by atoms with Gasteiger partial charge in [-0.05, 0) is 0 Å². The molecule has 0 bridgehead atoms. The molecule has 0 radical (unpaired) electrons. The molecule has 2 heterocycles. The zero-order valence-electron chi connectivity index (χ0n) is 7.43. The van der Waals surface area contributed by atoms with Crippen molar-refractivity contribution in [3.8, 4) is 10.7 Å². The van der Waals surface area contributed by atoms with Crippen molar-refractivity contribution in [1.29, 1.82) is 0 Å². The van der Waals surface area contributed by atoms with Crippen LogP contribution in [0.25, 0.3) is 10.7 Å². The summed E-state index contributed by atoms with van der Waals surface area (Å²) in [5, 5.41) is 12.4. The molecule has 0 aliphatic heterocycles. The number of ether oxygens (including phenoxy) is 1. The van der Waals surface area contributed by atoms with Crippen molar-refractivity contribution in [3.63, 3.8) is 0 Å². The second-order valence-electron chi connectivity index (χ2n) is 2.56. The third-order valence-corrected chi connectivity index (χ3v) is 2.28. The van der Waals surface area contributed by atoms with Gasteiger partial charge in [0.1, 0.15) is 12.3 Å². The topological polar surface area (TPSA) is 87.1 Å². The fourth-order valence-corrected chi connectivity index (χ4v) is 1.52. The van der Waals surface area contributed by atoms with Gasteiger partial charge in [-0.1, -0.05) is 16.5 Å². The van der Waals surface area contributed by atoms with E-state index in [1.807, 2.05) is 0 Å². The monoisotopic (exact) mass is 212 g/mol. The molecule has 0 unspecified atom stereocenters. The Morgan fingerprint density at radius 3 is 3.07 bits per heavy atom. The minimum absolute atomic E-state index is 0.390. The maximum Gasteiger partial charge on any atom is 0.203 e. The van der Waals surface area contributed by atoms with Gasteiger partial charge in [-0.15, -0.1) is 10.2 Å². The van der Waals surface area contributed by atoms with Crippen LogP contribution < -0.4 is 5.73 Å². The van der Waals surface area contributed by atoms with E-state index in [-0.39, 0.29) is 0 Å². The van der Waals surface area contributed by atoms with Gasteiger partial charge in [-0.3, -0.25) is 0 Å². The molecular formula is C7H8N4O2S. The molecule has 0 saturated heterocycles. The molecule has 2 N–H and O–H groups in total. The molecule has 0 amide bonds. The first-order valence-electron chi connectivity index (χ1n) is 3.83. The maximum atomic E-state index is 5.44. The average Bonchev–Trinajstić information content (AvgIpc) is 2.74. The standard InChI is InChI=1S/C7H8N4O2S/c1-12-3-4-2-5(11-13-4)6-9-10-7(8)14-6/h2H,3H2,1H3,(H2,8,10). The van der Waals surface area contributed by atoms with E-state index in [4.69, 9.17) is 15.0 Å². The van der Waals surface area contributed by atoms with Gasteiger partial charge < -0.3 is 15.0 Å². The number of nitrogen functional groups attached to an aromatic ring is 1. The Kier molecular flexibility index (Phi) is 2.42. The smallest absolute Gasteiger partial charge is 0.203 e. The number of nitrogens with zero attached hydrogens (tertiary/aromatic N) is 3. The van der Waals surface area contributed by atoms with Gasteiger partial charge in [0.15, 0.2) is 10.8 Å². The summed E-state index contributed by atoms with van der Waals surface area (Å²) >= 11 is 1.26. The Balaban J connectivity index is 2.24. The number of anilines is 1. The number of methoxy groups -OCH3 is 1. The van der Waals surface area contributed by atoms with Gasteiger partial charge in [-0.25, -0.2) is 0 Å². The van der Waals surface area contributed by atoms with Gasteiger partial charge in [0, 0.05) is 13.2 Å². The average molecular weight is 212 g/mol. The molecule has 0 aliphatic carbocycles. The first kappa shape index (κ1) is 9.10. The van der Waals surface area contributed by atoms with E-state index in [9.17, 15) is 0 Å². The highest BCUT2D eigenvalue weighted by Crippen LogP contribution is 2.24. The van der Waals surface area contributed by atoms with Crippen LogP contribution in [-0.4, -0.2) is 22.5 Å². The van der Waals surface area contributed by atoms with Crippen molar-refractivity contribution in [2.24, 2.45) is 0 Å². The molecule has 2 aromatic rings. The molecule has 2 aromatic heterocycles. The Morgan fingerprint density at radius 2 is 2.43 bits per heavy atom. The summed E-state index contributed by atoms with van der Waals surface area (Å²) in [7, 11) is 1.59. The SMILES string of the molecule is COCc1cc(-c2nnc(N)s2)no1. The molecule has 74 valence electrons. The molecule has 14 heavy (non-hydrogen) atoms. The van der Waals surface area contributed by atoms with Crippen LogP contribution in [-0.2, 0) is 11.3 Å². The van der Waals surface area contributed by atoms with Gasteiger partial charge in [0.25, 0.3) is 0 Å². The second-order valence-corrected chi connectivity index (χ2v) is 3.57. The summed E-state index contributed by atoms with van der Waals surface area (Å²) in [6.07, 6.45) is 0. The van der Waals surface area contributed by atoms with E-state index in [1.54, 1.807) is 13.2 Å². The normalized spacial score (nSPS) is 10.6. The van der Waals surface area contributed by atoms with E-state index in [0.717, 1.165) is 0 Å². The van der Waals surface area contributed by atoms with Gasteiger partial charge >= 0.3 is 0 Å². The maximum absolute atomic E-state index is 5.44. The molecule has 0 atom stereocenters. The first-order chi connectivity index (χ1) is 6.79. The zero-order valence-corrected chi connectivity index (χ0v) is 8.24. The minimum Gasteiger partial charge on any atom is -0.377 e. The molecule has 0 aliphatic rings. The molecule has 0 aromatic carbocycles. The second kappa shape index (κ2) is 3.72. The first-order valence-corrected chi connectivity index (χ1v) is 4.65. The predicted molar refractivity (Wildman–Crippen MR) is 50.5 cm³/mol. The molecule has 0 spiro atoms. The highest BCUT2D eigenvalue weighted by molar-refractivity contribution is 7.18. The van der Waals surface area contributed by atoms with E-state index in [1.165, 1.54) is 11.3 Å². The Morgan fingerprint density at radius 1 is 1.57 bits per heavy atom. The molecule has 0 fully saturated rings. The lowest BCUT2D eigenvalue weighted by atomic mass is 10.4. The molecular weight excluding hydrogens is 204 g/mol. The van der Waals surface area contributed by atoms with Crippen LogP contribution >= 0.6 is 11.3 Å². The van der Waals surface area contributed by atoms with Gasteiger partial charge in [0.2, 0.25) is 5.13 Å². The highest BCUT2D eigenvalue weighted by Gasteiger charge is 2.10. The third-order valence-electron chi connectivity index (χ3n) is 1.51. The van der Waals surface area contributed by atoms with Gasteiger partial charge in [-0.2, -0.15) is 0 Å². The fraction of sp³-hybridized carbons (Fsp3) is 0.286. The van der Waals surface area contributed by atoms with Crippen LogP contribution in [0.3, 0.4) is 0 Å². The van der Waals surface area contributed by atoms with E-state index >= 15 is 0 Å². The fourth-order valence-electron chi connectivity index (χ4n) is 0.962. The van der Waals surface area contributed by atoms with Crippen molar-refractivity contribution >= 4 is 16.5 Å². The summed E-state index contributed by atoms with van der Waals surface area (Å²) in [6.45, 7) is 0.390. The van der Waals surface area contributed by atoms with Crippen LogP contribution in [0.15, 0.2) is 10.6 Å². The van der Waals surface area contributed by atoms with Crippen LogP contribution in [0.1, 0.15) is 5.76 Å². The quantitative estimate of drug-likeness (QED) is 0.814. The Labute approximate surface area is 83.7 Å². The molecule has 6 nitrogen and oxygen atoms in total. The molecule has 2 rings (SSSR count). The van der Waals surface area contributed by atoms with Crippen molar-refractivity contribution in [1.82, 2.24) is 15.4 Å². The van der Waals surface area contributed by atoms with Gasteiger partial charge in [0.05, 0.1) is 0 Å². The Hall–Kier alpha value is -1.47. The summed E-state index contributed by atoms with van der Waals surface area (Å²) in [5.41, 5.74) is 6.07. The lowest BCUT2D eigenvalue weighted by molar-refractivity contribution is 0.156. The number of rotatable bonds is 3. The lowest BCUT2D eigenvalue weighted by Crippen LogP contribution is -1.81. The zero-order chi connectivity index (χ0) is 9.97. The largest absolute Gasteiger partial charge is 0.377 e. The number of nitrogens with two attached hydrogens (primary N) is 1. The summed E-state index contributed by atoms with van der Waals surface area (Å²) in [4.78, 5) is 0. The van der Waals surface area contributed by atoms with E-state index < -0.39 is 0 Å². The van der Waals surface area contributed by atoms with E-state index in [0.29, 0.717) is 28.2 Å². The van der Waals surface area contributed by atoms with Crippen molar-refractivity contribution < 1.29 is 9.26 Å². The predicted octanol–water partition coefficient (Wildman–Crippen LogP) is 0.922. The van der Waals surface area contributed by atoms with Crippen molar-refractivity contribution in [2.75, 3.05) is 12.8 Å². The van der Waals surface area contributed by atoms with Crippen molar-refractivity contribution in [3.05, 3.63) is 11.8 Å². The lowest BCUT2D eigenvalue weighted by Gasteiger charge is -1.87. The summed E-state index contributed by atoms with van der Waals surface area (Å²) in [5.74, 6) is 0.649. The highest BCUT2D eigenvalue weighted by atomic mass is 32.1. The van der Waals surface area contributed by atoms with E-state index in [2.05, 4.69) is 15.4 Å². The summed E-state index contributed by atoms with van der Waals surface area (Å²) < 4.78 is 9.88. The van der Waals surface area contributed by atoms with Crippen LogP contribution in [0.4, 0.5) is 5.13 Å². The third kappa shape index (κ3) is 1.73. The Bertz CT molecular complexity index is 425. The van der Waals surface area contributed by atoms with Crippen LogP contribution in [0, 0.1) is 0 Å². The number of hydrogen-bond donors (Lipinski definition) is 1. The van der Waals surface area contributed by atoms with Crippen LogP contribution in [0.2, 0.25) is 0 Å². The van der Waals surface area contributed by atoms with Crippen LogP contribution in [0.5, 0.6) is 0 Å². The molecule has 0 saturated carbocycles. The minimum atomic E-state index is 0.390.